The van der Waals surface area contributed by atoms with Crippen molar-refractivity contribution in [3.8, 4) is 0 Å². The fourth-order valence-corrected chi connectivity index (χ4v) is 1.80. The maximum Gasteiger partial charge on any atom is 0.416 e. The molecule has 0 aromatic heterocycles. The summed E-state index contributed by atoms with van der Waals surface area (Å²) in [7, 11) is 0. The molecule has 4 heteroatoms. The monoisotopic (exact) mass is 254 g/mol. The van der Waals surface area contributed by atoms with Gasteiger partial charge >= 0.3 is 6.18 Å². The Bertz CT molecular complexity index is 529. The van der Waals surface area contributed by atoms with Crippen molar-refractivity contribution in [2.45, 2.75) is 12.6 Å². The molecule has 0 heterocycles. The lowest BCUT2D eigenvalue weighted by Gasteiger charge is -2.13. The first kappa shape index (κ1) is 12.6. The third kappa shape index (κ3) is 2.70. The van der Waals surface area contributed by atoms with E-state index in [4.69, 9.17) is 0 Å². The Morgan fingerprint density at radius 2 is 1.50 bits per heavy atom. The van der Waals surface area contributed by atoms with E-state index in [1.807, 2.05) is 0 Å². The minimum absolute atomic E-state index is 0.0671. The van der Waals surface area contributed by atoms with Crippen LogP contribution >= 0.6 is 0 Å². The molecule has 94 valence electrons. The zero-order valence-corrected chi connectivity index (χ0v) is 9.34. The summed E-state index contributed by atoms with van der Waals surface area (Å²) in [6.07, 6.45) is -4.60. The van der Waals surface area contributed by atoms with E-state index in [0.717, 1.165) is 18.2 Å². The van der Waals surface area contributed by atoms with Gasteiger partial charge in [0, 0.05) is 12.0 Å². The second-order valence-electron chi connectivity index (χ2n) is 3.93. The summed E-state index contributed by atoms with van der Waals surface area (Å²) in [4.78, 5) is 0. The molecule has 18 heavy (non-hydrogen) atoms. The number of alkyl halides is 3. The van der Waals surface area contributed by atoms with E-state index < -0.39 is 17.6 Å². The molecule has 0 unspecified atom stereocenters. The molecule has 0 aliphatic rings. The van der Waals surface area contributed by atoms with E-state index in [1.54, 1.807) is 30.3 Å². The quantitative estimate of drug-likeness (QED) is 0.695. The molecule has 0 atom stereocenters. The fraction of sp³-hybridized carbons (Fsp3) is 0.143. The third-order valence-electron chi connectivity index (χ3n) is 2.65. The summed E-state index contributed by atoms with van der Waals surface area (Å²) < 4.78 is 51.9. The van der Waals surface area contributed by atoms with Crippen LogP contribution < -0.4 is 0 Å². The number of hydrogen-bond acceptors (Lipinski definition) is 0. The molecular formula is C14H10F4. The second-order valence-corrected chi connectivity index (χ2v) is 3.93. The Kier molecular flexibility index (Phi) is 3.36. The maximum atomic E-state index is 13.6. The molecule has 2 rings (SSSR count). The normalized spacial score (nSPS) is 11.6. The van der Waals surface area contributed by atoms with Crippen LogP contribution in [0.4, 0.5) is 17.6 Å². The van der Waals surface area contributed by atoms with Gasteiger partial charge in [-0.05, 0) is 17.7 Å². The molecular weight excluding hydrogens is 244 g/mol. The number of rotatable bonds is 2. The number of halogens is 4. The van der Waals surface area contributed by atoms with Gasteiger partial charge in [-0.3, -0.25) is 0 Å². The summed E-state index contributed by atoms with van der Waals surface area (Å²) in [6.45, 7) is 0. The Morgan fingerprint density at radius 1 is 0.833 bits per heavy atom. The molecule has 0 fully saturated rings. The van der Waals surface area contributed by atoms with E-state index >= 15 is 0 Å². The van der Waals surface area contributed by atoms with Crippen molar-refractivity contribution in [3.63, 3.8) is 0 Å². The van der Waals surface area contributed by atoms with E-state index in [2.05, 4.69) is 0 Å². The van der Waals surface area contributed by atoms with Crippen LogP contribution in [0.5, 0.6) is 0 Å². The fourth-order valence-electron chi connectivity index (χ4n) is 1.80. The molecule has 0 amide bonds. The molecule has 0 radical (unpaired) electrons. The highest BCUT2D eigenvalue weighted by atomic mass is 19.4. The molecule has 0 spiro atoms. The highest BCUT2D eigenvalue weighted by Gasteiger charge is 2.34. The van der Waals surface area contributed by atoms with Crippen molar-refractivity contribution in [1.82, 2.24) is 0 Å². The largest absolute Gasteiger partial charge is 0.416 e. The average Bonchev–Trinajstić information content (AvgIpc) is 2.32. The van der Waals surface area contributed by atoms with Crippen LogP contribution in [-0.2, 0) is 12.6 Å². The van der Waals surface area contributed by atoms with E-state index in [9.17, 15) is 17.6 Å². The van der Waals surface area contributed by atoms with Crippen molar-refractivity contribution in [3.05, 3.63) is 71.0 Å². The van der Waals surface area contributed by atoms with E-state index in [1.165, 1.54) is 0 Å². The first-order valence-electron chi connectivity index (χ1n) is 5.37. The lowest BCUT2D eigenvalue weighted by molar-refractivity contribution is -0.138. The summed E-state index contributed by atoms with van der Waals surface area (Å²) in [5.41, 5.74) is -0.573. The van der Waals surface area contributed by atoms with Gasteiger partial charge < -0.3 is 0 Å². The zero-order chi connectivity index (χ0) is 13.2. The minimum atomic E-state index is -4.54. The molecule has 0 bridgehead atoms. The Morgan fingerprint density at radius 3 is 2.11 bits per heavy atom. The summed E-state index contributed by atoms with van der Waals surface area (Å²) >= 11 is 0. The third-order valence-corrected chi connectivity index (χ3v) is 2.65. The molecule has 2 aromatic carbocycles. The van der Waals surface area contributed by atoms with Crippen LogP contribution in [0.3, 0.4) is 0 Å². The Balaban J connectivity index is 2.44. The van der Waals surface area contributed by atoms with Gasteiger partial charge in [-0.2, -0.15) is 13.2 Å². The predicted molar refractivity (Wildman–Crippen MR) is 60.7 cm³/mol. The van der Waals surface area contributed by atoms with Gasteiger partial charge in [-0.15, -0.1) is 0 Å². The van der Waals surface area contributed by atoms with Gasteiger partial charge in [0.1, 0.15) is 5.82 Å². The Hall–Kier alpha value is -1.84. The highest BCUT2D eigenvalue weighted by Crippen LogP contribution is 2.34. The van der Waals surface area contributed by atoms with Crippen molar-refractivity contribution >= 4 is 0 Å². The Labute approximate surface area is 102 Å². The van der Waals surface area contributed by atoms with Crippen molar-refractivity contribution in [1.29, 1.82) is 0 Å². The lowest BCUT2D eigenvalue weighted by Crippen LogP contribution is -2.11. The molecule has 0 N–H and O–H groups in total. The van der Waals surface area contributed by atoms with E-state index in [-0.39, 0.29) is 12.0 Å². The predicted octanol–water partition coefficient (Wildman–Crippen LogP) is 4.44. The molecule has 0 saturated heterocycles. The van der Waals surface area contributed by atoms with Gasteiger partial charge in [0.2, 0.25) is 0 Å². The topological polar surface area (TPSA) is 0 Å². The maximum absolute atomic E-state index is 13.6. The van der Waals surface area contributed by atoms with Crippen LogP contribution in [-0.4, -0.2) is 0 Å². The molecule has 0 nitrogen and oxygen atoms in total. The molecule has 2 aromatic rings. The van der Waals surface area contributed by atoms with Gasteiger partial charge in [0.15, 0.2) is 0 Å². The standard InChI is InChI=1S/C14H10F4/c15-13-8-4-7-12(14(16,17)18)11(13)9-10-5-2-1-3-6-10/h1-8H,9H2. The van der Waals surface area contributed by atoms with Crippen molar-refractivity contribution in [2.24, 2.45) is 0 Å². The van der Waals surface area contributed by atoms with Crippen LogP contribution in [0.2, 0.25) is 0 Å². The first-order chi connectivity index (χ1) is 8.48. The minimum Gasteiger partial charge on any atom is -0.207 e. The summed E-state index contributed by atoms with van der Waals surface area (Å²) in [6, 6.07) is 11.6. The zero-order valence-electron chi connectivity index (χ0n) is 9.34. The SMILES string of the molecule is Fc1cccc(C(F)(F)F)c1Cc1ccccc1. The average molecular weight is 254 g/mol. The molecule has 0 aliphatic heterocycles. The van der Waals surface area contributed by atoms with E-state index in [0.29, 0.717) is 5.56 Å². The summed E-state index contributed by atoms with van der Waals surface area (Å²) in [5.74, 6) is -0.825. The van der Waals surface area contributed by atoms with Crippen LogP contribution in [0, 0.1) is 5.82 Å². The van der Waals surface area contributed by atoms with Crippen molar-refractivity contribution < 1.29 is 17.6 Å². The number of hydrogen-bond donors (Lipinski definition) is 0. The van der Waals surface area contributed by atoms with Gasteiger partial charge in [0.05, 0.1) is 5.56 Å². The first-order valence-corrected chi connectivity index (χ1v) is 5.37. The highest BCUT2D eigenvalue weighted by molar-refractivity contribution is 5.35. The van der Waals surface area contributed by atoms with Gasteiger partial charge in [-0.25, -0.2) is 4.39 Å². The van der Waals surface area contributed by atoms with Crippen molar-refractivity contribution in [2.75, 3.05) is 0 Å². The smallest absolute Gasteiger partial charge is 0.207 e. The molecule has 0 aliphatic carbocycles. The molecule has 0 saturated carbocycles. The summed E-state index contributed by atoms with van der Waals surface area (Å²) in [5, 5.41) is 0. The lowest BCUT2D eigenvalue weighted by atomic mass is 9.99. The van der Waals surface area contributed by atoms with Crippen LogP contribution in [0.25, 0.3) is 0 Å². The van der Waals surface area contributed by atoms with Gasteiger partial charge in [0.25, 0.3) is 0 Å². The van der Waals surface area contributed by atoms with Crippen LogP contribution in [0.15, 0.2) is 48.5 Å². The van der Waals surface area contributed by atoms with Gasteiger partial charge in [-0.1, -0.05) is 36.4 Å². The second kappa shape index (κ2) is 4.80. The number of benzene rings is 2. The van der Waals surface area contributed by atoms with Crippen LogP contribution in [0.1, 0.15) is 16.7 Å².